The van der Waals surface area contributed by atoms with Crippen LogP contribution < -0.4 is 5.32 Å². The first-order valence-corrected chi connectivity index (χ1v) is 6.08. The highest BCUT2D eigenvalue weighted by Gasteiger charge is 2.44. The molecule has 1 heterocycles. The number of carboxylic acids is 1. The van der Waals surface area contributed by atoms with Gasteiger partial charge in [0.2, 0.25) is 0 Å². The number of hydrogen-bond acceptors (Lipinski definition) is 3. The third kappa shape index (κ3) is 4.21. The van der Waals surface area contributed by atoms with Gasteiger partial charge in [-0.1, -0.05) is 0 Å². The average Bonchev–Trinajstić information content (AvgIpc) is 2.61. The van der Waals surface area contributed by atoms with Gasteiger partial charge in [0.15, 0.2) is 5.92 Å². The van der Waals surface area contributed by atoms with Gasteiger partial charge in [0.1, 0.15) is 0 Å². The van der Waals surface area contributed by atoms with E-state index < -0.39 is 24.6 Å². The van der Waals surface area contributed by atoms with Crippen LogP contribution in [0.3, 0.4) is 0 Å². The molecule has 0 bridgehead atoms. The van der Waals surface area contributed by atoms with Gasteiger partial charge in [-0.15, -0.1) is 0 Å². The fourth-order valence-electron chi connectivity index (χ4n) is 1.54. The van der Waals surface area contributed by atoms with Gasteiger partial charge < -0.3 is 10.4 Å². The maximum Gasteiger partial charge on any atom is 0.403 e. The summed E-state index contributed by atoms with van der Waals surface area (Å²) in [7, 11) is 0. The molecule has 2 N–H and O–H groups in total. The number of carbonyl (C=O) groups is 1. The van der Waals surface area contributed by atoms with E-state index in [0.717, 1.165) is 18.6 Å². The molecule has 1 fully saturated rings. The summed E-state index contributed by atoms with van der Waals surface area (Å²) in [5.41, 5.74) is 0. The molecule has 1 aliphatic rings. The van der Waals surface area contributed by atoms with Gasteiger partial charge in [-0.25, -0.2) is 0 Å². The second-order valence-electron chi connectivity index (χ2n) is 3.73. The standard InChI is InChI=1S/C9H14F3NO2S/c10-9(11,12)7(8(14)15)5-13-4-6-2-1-3-16-6/h6-7,13H,1-5H2,(H,14,15). The number of hydrogen-bond donors (Lipinski definition) is 2. The quantitative estimate of drug-likeness (QED) is 0.787. The van der Waals surface area contributed by atoms with E-state index in [-0.39, 0.29) is 0 Å². The van der Waals surface area contributed by atoms with Crippen LogP contribution in [-0.4, -0.2) is 41.3 Å². The Labute approximate surface area is 95.8 Å². The third-order valence-electron chi connectivity index (χ3n) is 2.44. The van der Waals surface area contributed by atoms with E-state index in [9.17, 15) is 18.0 Å². The van der Waals surface area contributed by atoms with Crippen molar-refractivity contribution in [2.75, 3.05) is 18.8 Å². The molecule has 0 saturated carbocycles. The van der Waals surface area contributed by atoms with Crippen LogP contribution in [0.2, 0.25) is 0 Å². The fraction of sp³-hybridized carbons (Fsp3) is 0.889. The number of thioether (sulfide) groups is 1. The molecule has 0 aromatic heterocycles. The minimum Gasteiger partial charge on any atom is -0.481 e. The maximum atomic E-state index is 12.2. The van der Waals surface area contributed by atoms with Crippen LogP contribution in [0.25, 0.3) is 0 Å². The van der Waals surface area contributed by atoms with Crippen molar-refractivity contribution in [2.24, 2.45) is 5.92 Å². The summed E-state index contributed by atoms with van der Waals surface area (Å²) in [6.07, 6.45) is -2.61. The Morgan fingerprint density at radius 3 is 2.69 bits per heavy atom. The van der Waals surface area contributed by atoms with E-state index >= 15 is 0 Å². The van der Waals surface area contributed by atoms with Crippen molar-refractivity contribution >= 4 is 17.7 Å². The zero-order valence-electron chi connectivity index (χ0n) is 8.59. The van der Waals surface area contributed by atoms with Crippen LogP contribution in [0.5, 0.6) is 0 Å². The summed E-state index contributed by atoms with van der Waals surface area (Å²) in [4.78, 5) is 10.4. The van der Waals surface area contributed by atoms with Crippen molar-refractivity contribution < 1.29 is 23.1 Å². The molecule has 0 radical (unpaired) electrons. The van der Waals surface area contributed by atoms with Crippen LogP contribution >= 0.6 is 11.8 Å². The summed E-state index contributed by atoms with van der Waals surface area (Å²) >= 11 is 1.72. The molecule has 1 aliphatic heterocycles. The number of nitrogens with one attached hydrogen (secondary N) is 1. The Morgan fingerprint density at radius 1 is 1.56 bits per heavy atom. The summed E-state index contributed by atoms with van der Waals surface area (Å²) in [6.45, 7) is -0.0968. The highest BCUT2D eigenvalue weighted by molar-refractivity contribution is 8.00. The van der Waals surface area contributed by atoms with Crippen molar-refractivity contribution in [3.05, 3.63) is 0 Å². The van der Waals surface area contributed by atoms with Crippen LogP contribution in [0, 0.1) is 5.92 Å². The smallest absolute Gasteiger partial charge is 0.403 e. The Balaban J connectivity index is 2.30. The molecule has 7 heteroatoms. The topological polar surface area (TPSA) is 49.3 Å². The molecule has 0 aromatic carbocycles. The normalized spacial score (nSPS) is 23.3. The van der Waals surface area contributed by atoms with Gasteiger partial charge in [0.25, 0.3) is 0 Å². The second-order valence-corrected chi connectivity index (χ2v) is 5.13. The molecular weight excluding hydrogens is 243 g/mol. The van der Waals surface area contributed by atoms with Gasteiger partial charge in [0.05, 0.1) is 0 Å². The average molecular weight is 257 g/mol. The first-order chi connectivity index (χ1) is 7.41. The van der Waals surface area contributed by atoms with Crippen molar-refractivity contribution in [1.82, 2.24) is 5.32 Å². The minimum absolute atomic E-state index is 0.322. The van der Waals surface area contributed by atoms with Gasteiger partial charge in [0, 0.05) is 18.3 Å². The van der Waals surface area contributed by atoms with Crippen molar-refractivity contribution in [2.45, 2.75) is 24.3 Å². The predicted molar refractivity (Wildman–Crippen MR) is 55.5 cm³/mol. The van der Waals surface area contributed by atoms with Crippen LogP contribution in [-0.2, 0) is 4.79 Å². The fourth-order valence-corrected chi connectivity index (χ4v) is 2.77. The Bertz CT molecular complexity index is 241. The highest BCUT2D eigenvalue weighted by atomic mass is 32.2. The lowest BCUT2D eigenvalue weighted by atomic mass is 10.1. The lowest BCUT2D eigenvalue weighted by Crippen LogP contribution is -2.40. The summed E-state index contributed by atoms with van der Waals surface area (Å²) in [6, 6.07) is 0. The Kier molecular flexibility index (Phi) is 4.91. The first kappa shape index (κ1) is 13.6. The van der Waals surface area contributed by atoms with Crippen LogP contribution in [0.4, 0.5) is 13.2 Å². The van der Waals surface area contributed by atoms with E-state index in [1.54, 1.807) is 11.8 Å². The van der Waals surface area contributed by atoms with E-state index in [2.05, 4.69) is 5.32 Å². The summed E-state index contributed by atoms with van der Waals surface area (Å²) in [5, 5.41) is 11.4. The zero-order valence-corrected chi connectivity index (χ0v) is 9.40. The van der Waals surface area contributed by atoms with E-state index in [4.69, 9.17) is 5.11 Å². The third-order valence-corrected chi connectivity index (χ3v) is 3.84. The zero-order chi connectivity index (χ0) is 12.2. The predicted octanol–water partition coefficient (Wildman–Crippen LogP) is 1.73. The number of rotatable bonds is 5. The van der Waals surface area contributed by atoms with Crippen LogP contribution in [0.1, 0.15) is 12.8 Å². The summed E-state index contributed by atoms with van der Waals surface area (Å²) < 4.78 is 36.7. The van der Waals surface area contributed by atoms with Crippen molar-refractivity contribution in [3.63, 3.8) is 0 Å². The number of alkyl halides is 3. The molecule has 0 spiro atoms. The molecule has 2 atom stereocenters. The van der Waals surface area contributed by atoms with Crippen molar-refractivity contribution in [1.29, 1.82) is 0 Å². The number of aliphatic carboxylic acids is 1. The largest absolute Gasteiger partial charge is 0.481 e. The second kappa shape index (κ2) is 5.77. The molecule has 0 aromatic rings. The van der Waals surface area contributed by atoms with Crippen molar-refractivity contribution in [3.8, 4) is 0 Å². The first-order valence-electron chi connectivity index (χ1n) is 5.03. The SMILES string of the molecule is O=C(O)C(CNCC1CCCS1)C(F)(F)F. The van der Waals surface area contributed by atoms with E-state index in [1.165, 1.54) is 0 Å². The highest BCUT2D eigenvalue weighted by Crippen LogP contribution is 2.27. The lowest BCUT2D eigenvalue weighted by Gasteiger charge is -2.17. The Hall–Kier alpha value is -0.430. The molecule has 2 unspecified atom stereocenters. The maximum absolute atomic E-state index is 12.2. The number of halogens is 3. The van der Waals surface area contributed by atoms with Gasteiger partial charge in [-0.3, -0.25) is 4.79 Å². The lowest BCUT2D eigenvalue weighted by molar-refractivity contribution is -0.192. The molecular formula is C9H14F3NO2S. The van der Waals surface area contributed by atoms with Gasteiger partial charge in [-0.2, -0.15) is 24.9 Å². The number of carboxylic acid groups (broad SMARTS) is 1. The van der Waals surface area contributed by atoms with E-state index in [0.29, 0.717) is 11.8 Å². The van der Waals surface area contributed by atoms with Gasteiger partial charge >= 0.3 is 12.1 Å². The molecule has 1 saturated heterocycles. The molecule has 0 aliphatic carbocycles. The monoisotopic (exact) mass is 257 g/mol. The van der Waals surface area contributed by atoms with E-state index in [1.807, 2.05) is 0 Å². The molecule has 0 amide bonds. The molecule has 94 valence electrons. The van der Waals surface area contributed by atoms with Gasteiger partial charge in [-0.05, 0) is 18.6 Å². The van der Waals surface area contributed by atoms with Crippen LogP contribution in [0.15, 0.2) is 0 Å². The molecule has 16 heavy (non-hydrogen) atoms. The molecule has 3 nitrogen and oxygen atoms in total. The Morgan fingerprint density at radius 2 is 2.25 bits per heavy atom. The minimum atomic E-state index is -4.68. The summed E-state index contributed by atoms with van der Waals surface area (Å²) in [5.74, 6) is -3.09. The molecule has 1 rings (SSSR count).